The van der Waals surface area contributed by atoms with Crippen molar-refractivity contribution in [1.82, 2.24) is 0 Å². The summed E-state index contributed by atoms with van der Waals surface area (Å²) in [7, 11) is 0. The lowest BCUT2D eigenvalue weighted by atomic mass is 9.62. The average molecular weight is 286 g/mol. The Kier molecular flexibility index (Phi) is 3.27. The van der Waals surface area contributed by atoms with E-state index in [1.165, 1.54) is 17.9 Å². The van der Waals surface area contributed by atoms with Gasteiger partial charge in [-0.25, -0.2) is 0 Å². The summed E-state index contributed by atoms with van der Waals surface area (Å²) in [6, 6.07) is 0. The smallest absolute Gasteiger partial charge is 0.123 e. The first-order valence-electron chi connectivity index (χ1n) is 6.99. The van der Waals surface area contributed by atoms with Gasteiger partial charge in [-0.2, -0.15) is 0 Å². The Balaban J connectivity index is 1.86. The molecule has 0 aromatic rings. The molecule has 2 nitrogen and oxygen atoms in total. The van der Waals surface area contributed by atoms with Crippen molar-refractivity contribution in [3.8, 4) is 0 Å². The molecule has 0 amide bonds. The molecule has 1 heterocycles. The quantitative estimate of drug-likeness (QED) is 0.752. The number of rotatable bonds is 1. The van der Waals surface area contributed by atoms with Gasteiger partial charge in [0.25, 0.3) is 0 Å². The van der Waals surface area contributed by atoms with Crippen LogP contribution in [0, 0.1) is 11.3 Å². The van der Waals surface area contributed by atoms with Crippen LogP contribution in [0.1, 0.15) is 45.4 Å². The predicted octanol–water partition coefficient (Wildman–Crippen LogP) is 3.08. The van der Waals surface area contributed by atoms with Crippen LogP contribution in [0.2, 0.25) is 0 Å². The summed E-state index contributed by atoms with van der Waals surface area (Å²) in [5.41, 5.74) is -0.771. The molecule has 4 heteroatoms. The van der Waals surface area contributed by atoms with Crippen molar-refractivity contribution in [2.75, 3.05) is 11.5 Å². The highest BCUT2D eigenvalue weighted by Gasteiger charge is 2.62. The molecule has 3 rings (SSSR count). The largest absolute Gasteiger partial charge is 0.389 e. The van der Waals surface area contributed by atoms with E-state index in [-0.39, 0.29) is 15.4 Å². The average Bonchev–Trinajstić information content (AvgIpc) is 2.62. The first-order valence-corrected chi connectivity index (χ1v) is 8.96. The molecule has 0 radical (unpaired) electrons. The van der Waals surface area contributed by atoms with Crippen molar-refractivity contribution in [1.29, 1.82) is 0 Å². The van der Waals surface area contributed by atoms with E-state index in [1.54, 1.807) is 0 Å². The molecular formula is C14H22O2S2. The first kappa shape index (κ1) is 13.3. The molecular weight excluding hydrogens is 264 g/mol. The number of fused-ring (bicyclic) bond motifs is 1. The Morgan fingerprint density at radius 3 is 2.61 bits per heavy atom. The predicted molar refractivity (Wildman–Crippen MR) is 78.0 cm³/mol. The van der Waals surface area contributed by atoms with Crippen LogP contribution in [0.4, 0.5) is 0 Å². The van der Waals surface area contributed by atoms with Crippen molar-refractivity contribution >= 4 is 29.8 Å². The number of aldehydes is 1. The number of aliphatic hydroxyl groups is 1. The van der Waals surface area contributed by atoms with Gasteiger partial charge in [-0.15, -0.1) is 23.5 Å². The molecule has 0 aromatic carbocycles. The van der Waals surface area contributed by atoms with E-state index in [0.29, 0.717) is 0 Å². The van der Waals surface area contributed by atoms with E-state index >= 15 is 0 Å². The van der Waals surface area contributed by atoms with Gasteiger partial charge < -0.3 is 9.90 Å². The standard InChI is InChI=1S/C14H22O2S2/c1-12-5-6-14(17-7-2-8-18-14)10-13(12,16)4-3-11(12)9-15/h9,11,16H,2-8,10H2,1H3/t11-,12-,13+/m1/s1. The van der Waals surface area contributed by atoms with Crippen molar-refractivity contribution in [2.24, 2.45) is 11.3 Å². The molecule has 1 spiro atoms. The highest BCUT2D eigenvalue weighted by molar-refractivity contribution is 8.18. The third kappa shape index (κ3) is 1.79. The van der Waals surface area contributed by atoms with E-state index < -0.39 is 5.60 Å². The molecule has 3 fully saturated rings. The van der Waals surface area contributed by atoms with Crippen LogP contribution in [-0.2, 0) is 4.79 Å². The number of thioether (sulfide) groups is 2. The minimum Gasteiger partial charge on any atom is -0.389 e. The number of hydrogen-bond acceptors (Lipinski definition) is 4. The summed E-state index contributed by atoms with van der Waals surface area (Å²) in [6.07, 6.45) is 7.13. The monoisotopic (exact) mass is 286 g/mol. The SMILES string of the molecule is C[C@]12CCC3(C[C@@]1(O)CC[C@@H]2C=O)SCCCS3. The van der Waals surface area contributed by atoms with E-state index in [2.05, 4.69) is 30.4 Å². The molecule has 1 N–H and O–H groups in total. The summed E-state index contributed by atoms with van der Waals surface area (Å²) < 4.78 is 0.240. The highest BCUT2D eigenvalue weighted by atomic mass is 32.2. The van der Waals surface area contributed by atoms with E-state index in [4.69, 9.17) is 0 Å². The van der Waals surface area contributed by atoms with Crippen LogP contribution in [0.3, 0.4) is 0 Å². The fourth-order valence-corrected chi connectivity index (χ4v) is 7.63. The molecule has 2 aliphatic carbocycles. The van der Waals surface area contributed by atoms with Gasteiger partial charge in [0.05, 0.1) is 9.68 Å². The molecule has 3 atom stereocenters. The van der Waals surface area contributed by atoms with Gasteiger partial charge in [-0.3, -0.25) is 0 Å². The highest BCUT2D eigenvalue weighted by Crippen LogP contribution is 2.65. The van der Waals surface area contributed by atoms with Gasteiger partial charge in [0.15, 0.2) is 0 Å². The first-order chi connectivity index (χ1) is 8.54. The van der Waals surface area contributed by atoms with E-state index in [1.807, 2.05) is 0 Å². The van der Waals surface area contributed by atoms with Crippen LogP contribution in [0.5, 0.6) is 0 Å². The number of carbonyl (C=O) groups is 1. The second-order valence-corrected chi connectivity index (χ2v) is 9.58. The summed E-state index contributed by atoms with van der Waals surface area (Å²) in [5, 5.41) is 11.1. The molecule has 3 aliphatic rings. The van der Waals surface area contributed by atoms with Gasteiger partial charge in [-0.1, -0.05) is 6.92 Å². The van der Waals surface area contributed by atoms with Gasteiger partial charge >= 0.3 is 0 Å². The lowest BCUT2D eigenvalue weighted by Crippen LogP contribution is -2.54. The zero-order valence-corrected chi connectivity index (χ0v) is 12.6. The maximum Gasteiger partial charge on any atom is 0.123 e. The van der Waals surface area contributed by atoms with Crippen molar-refractivity contribution in [3.63, 3.8) is 0 Å². The zero-order chi connectivity index (χ0) is 12.9. The van der Waals surface area contributed by atoms with Crippen LogP contribution in [-0.4, -0.2) is 32.6 Å². The fraction of sp³-hybridized carbons (Fsp3) is 0.929. The Hall–Kier alpha value is 0.330. The minimum atomic E-state index is -0.603. The molecule has 1 aliphatic heterocycles. The third-order valence-corrected chi connectivity index (χ3v) is 8.96. The Bertz CT molecular complexity index is 354. The van der Waals surface area contributed by atoms with Gasteiger partial charge in [0.1, 0.15) is 6.29 Å². The third-order valence-electron chi connectivity index (χ3n) is 5.52. The maximum absolute atomic E-state index is 11.3. The van der Waals surface area contributed by atoms with Crippen molar-refractivity contribution < 1.29 is 9.90 Å². The van der Waals surface area contributed by atoms with Crippen LogP contribution < -0.4 is 0 Å². The van der Waals surface area contributed by atoms with E-state index in [9.17, 15) is 9.90 Å². The van der Waals surface area contributed by atoms with Crippen molar-refractivity contribution in [2.45, 2.75) is 55.1 Å². The summed E-state index contributed by atoms with van der Waals surface area (Å²) >= 11 is 4.11. The molecule has 102 valence electrons. The lowest BCUT2D eigenvalue weighted by molar-refractivity contribution is -0.126. The Labute approximate surface area is 118 Å². The van der Waals surface area contributed by atoms with Crippen molar-refractivity contribution in [3.05, 3.63) is 0 Å². The maximum atomic E-state index is 11.3. The lowest BCUT2D eigenvalue weighted by Gasteiger charge is -2.53. The molecule has 1 saturated heterocycles. The normalized spacial score (nSPS) is 46.9. The second kappa shape index (κ2) is 4.42. The second-order valence-electron chi connectivity index (χ2n) is 6.37. The van der Waals surface area contributed by atoms with Gasteiger partial charge in [-0.05, 0) is 43.6 Å². The number of carbonyl (C=O) groups excluding carboxylic acids is 1. The Morgan fingerprint density at radius 2 is 1.94 bits per heavy atom. The molecule has 0 aromatic heterocycles. The van der Waals surface area contributed by atoms with Crippen LogP contribution >= 0.6 is 23.5 Å². The Morgan fingerprint density at radius 1 is 1.22 bits per heavy atom. The van der Waals surface area contributed by atoms with E-state index in [0.717, 1.165) is 38.4 Å². The fourth-order valence-electron chi connectivity index (χ4n) is 4.12. The summed E-state index contributed by atoms with van der Waals surface area (Å²) in [6.45, 7) is 2.14. The molecule has 0 bridgehead atoms. The number of hydrogen-bond donors (Lipinski definition) is 1. The topological polar surface area (TPSA) is 37.3 Å². The summed E-state index contributed by atoms with van der Waals surface area (Å²) in [4.78, 5) is 11.3. The van der Waals surface area contributed by atoms with Crippen LogP contribution in [0.15, 0.2) is 0 Å². The molecule has 0 unspecified atom stereocenters. The molecule has 2 saturated carbocycles. The minimum absolute atomic E-state index is 0.0680. The van der Waals surface area contributed by atoms with Gasteiger partial charge in [0.2, 0.25) is 0 Å². The summed E-state index contributed by atoms with van der Waals surface area (Å²) in [5.74, 6) is 2.53. The van der Waals surface area contributed by atoms with Crippen LogP contribution in [0.25, 0.3) is 0 Å². The zero-order valence-electron chi connectivity index (χ0n) is 11.0. The molecule has 18 heavy (non-hydrogen) atoms. The van der Waals surface area contributed by atoms with Gasteiger partial charge in [0, 0.05) is 17.8 Å².